The first-order valence-electron chi connectivity index (χ1n) is 7.75. The fourth-order valence-corrected chi connectivity index (χ4v) is 3.31. The lowest BCUT2D eigenvalue weighted by atomic mass is 9.80. The Kier molecular flexibility index (Phi) is 5.40. The first kappa shape index (κ1) is 15.3. The molecule has 3 unspecified atom stereocenters. The van der Waals surface area contributed by atoms with Crippen molar-refractivity contribution in [3.05, 3.63) is 0 Å². The number of carboxylic acid groups (broad SMARTS) is 1. The molecule has 0 bridgehead atoms. The molecule has 0 radical (unpaired) electrons. The number of carbonyl (C=O) groups excluding carboxylic acids is 1. The molecule has 1 N–H and O–H groups in total. The van der Waals surface area contributed by atoms with Gasteiger partial charge in [-0.3, -0.25) is 9.59 Å². The summed E-state index contributed by atoms with van der Waals surface area (Å²) in [6.45, 7) is 4.10. The van der Waals surface area contributed by atoms with Crippen LogP contribution in [0, 0.1) is 11.8 Å². The minimum atomic E-state index is -0.760. The zero-order chi connectivity index (χ0) is 14.5. The maximum atomic E-state index is 12.6. The van der Waals surface area contributed by atoms with Gasteiger partial charge >= 0.3 is 5.97 Å². The molecule has 0 aromatic carbocycles. The van der Waals surface area contributed by atoms with E-state index in [0.29, 0.717) is 25.9 Å². The Morgan fingerprint density at radius 3 is 2.55 bits per heavy atom. The van der Waals surface area contributed by atoms with Crippen molar-refractivity contribution < 1.29 is 19.4 Å². The number of likely N-dealkylation sites (N-methyl/N-ethyl adjacent to an activating group) is 1. The molecule has 1 amide bonds. The summed E-state index contributed by atoms with van der Waals surface area (Å²) in [4.78, 5) is 25.5. The zero-order valence-corrected chi connectivity index (χ0v) is 12.2. The number of ether oxygens (including phenoxy) is 1. The van der Waals surface area contributed by atoms with Crippen molar-refractivity contribution in [1.82, 2.24) is 4.90 Å². The van der Waals surface area contributed by atoms with Gasteiger partial charge in [-0.1, -0.05) is 6.42 Å². The van der Waals surface area contributed by atoms with Gasteiger partial charge in [0.05, 0.1) is 12.0 Å². The van der Waals surface area contributed by atoms with Gasteiger partial charge in [0.25, 0.3) is 0 Å². The van der Waals surface area contributed by atoms with Crippen LogP contribution < -0.4 is 0 Å². The van der Waals surface area contributed by atoms with E-state index in [2.05, 4.69) is 0 Å². The Bertz CT molecular complexity index is 352. The molecule has 1 saturated carbocycles. The van der Waals surface area contributed by atoms with Crippen LogP contribution in [-0.2, 0) is 14.3 Å². The molecule has 2 fully saturated rings. The molecule has 3 atom stereocenters. The van der Waals surface area contributed by atoms with Crippen molar-refractivity contribution in [3.63, 3.8) is 0 Å². The van der Waals surface area contributed by atoms with Crippen molar-refractivity contribution in [2.75, 3.05) is 19.7 Å². The fourth-order valence-electron chi connectivity index (χ4n) is 3.31. The van der Waals surface area contributed by atoms with Crippen molar-refractivity contribution in [3.8, 4) is 0 Å². The number of rotatable bonds is 5. The van der Waals surface area contributed by atoms with Gasteiger partial charge in [0.2, 0.25) is 5.91 Å². The number of carboxylic acids is 1. The Morgan fingerprint density at radius 2 is 1.95 bits per heavy atom. The van der Waals surface area contributed by atoms with Crippen LogP contribution >= 0.6 is 0 Å². The van der Waals surface area contributed by atoms with Crippen LogP contribution in [0.1, 0.15) is 45.4 Å². The highest BCUT2D eigenvalue weighted by Gasteiger charge is 2.33. The van der Waals surface area contributed by atoms with Gasteiger partial charge in [0.15, 0.2) is 0 Å². The van der Waals surface area contributed by atoms with Crippen molar-refractivity contribution in [2.24, 2.45) is 11.8 Å². The molecular weight excluding hydrogens is 258 g/mol. The van der Waals surface area contributed by atoms with E-state index in [4.69, 9.17) is 9.84 Å². The van der Waals surface area contributed by atoms with Crippen molar-refractivity contribution >= 4 is 11.9 Å². The Labute approximate surface area is 120 Å². The first-order valence-corrected chi connectivity index (χ1v) is 7.75. The van der Waals surface area contributed by atoms with E-state index in [-0.39, 0.29) is 23.8 Å². The number of aliphatic carboxylic acids is 1. The van der Waals surface area contributed by atoms with Crippen LogP contribution in [0.15, 0.2) is 0 Å². The molecule has 1 heterocycles. The predicted molar refractivity (Wildman–Crippen MR) is 74.3 cm³/mol. The molecule has 0 spiro atoms. The molecule has 0 aromatic heterocycles. The maximum Gasteiger partial charge on any atom is 0.306 e. The normalized spacial score (nSPS) is 30.1. The van der Waals surface area contributed by atoms with E-state index in [9.17, 15) is 9.59 Å². The van der Waals surface area contributed by atoms with Gasteiger partial charge < -0.3 is 14.7 Å². The summed E-state index contributed by atoms with van der Waals surface area (Å²) in [5.74, 6) is -1.11. The fraction of sp³-hybridized carbons (Fsp3) is 0.867. The number of carbonyl (C=O) groups is 2. The second-order valence-corrected chi connectivity index (χ2v) is 5.91. The Hall–Kier alpha value is -1.10. The van der Waals surface area contributed by atoms with E-state index in [1.165, 1.54) is 0 Å². The van der Waals surface area contributed by atoms with Gasteiger partial charge in [0, 0.05) is 25.6 Å². The average Bonchev–Trinajstić information content (AvgIpc) is 2.97. The van der Waals surface area contributed by atoms with Gasteiger partial charge in [0.1, 0.15) is 0 Å². The van der Waals surface area contributed by atoms with Gasteiger partial charge in [-0.05, 0) is 39.0 Å². The Morgan fingerprint density at radius 1 is 1.20 bits per heavy atom. The highest BCUT2D eigenvalue weighted by atomic mass is 16.5. The minimum Gasteiger partial charge on any atom is -0.481 e. The summed E-state index contributed by atoms with van der Waals surface area (Å²) in [7, 11) is 0. The van der Waals surface area contributed by atoms with Crippen LogP contribution in [0.5, 0.6) is 0 Å². The summed E-state index contributed by atoms with van der Waals surface area (Å²) < 4.78 is 5.59. The minimum absolute atomic E-state index is 0.119. The molecule has 0 aromatic rings. The summed E-state index contributed by atoms with van der Waals surface area (Å²) >= 11 is 0. The van der Waals surface area contributed by atoms with E-state index in [1.54, 1.807) is 0 Å². The molecule has 20 heavy (non-hydrogen) atoms. The number of hydrogen-bond acceptors (Lipinski definition) is 3. The summed E-state index contributed by atoms with van der Waals surface area (Å²) in [6, 6.07) is 0. The van der Waals surface area contributed by atoms with Crippen LogP contribution in [0.25, 0.3) is 0 Å². The smallest absolute Gasteiger partial charge is 0.306 e. The summed E-state index contributed by atoms with van der Waals surface area (Å²) in [6.07, 6.45) is 5.12. The molecule has 1 aliphatic heterocycles. The monoisotopic (exact) mass is 283 g/mol. The molecule has 114 valence electrons. The van der Waals surface area contributed by atoms with Gasteiger partial charge in [-0.15, -0.1) is 0 Å². The van der Waals surface area contributed by atoms with Crippen LogP contribution in [0.3, 0.4) is 0 Å². The molecule has 2 rings (SSSR count). The maximum absolute atomic E-state index is 12.6. The number of amides is 1. The van der Waals surface area contributed by atoms with Gasteiger partial charge in [-0.25, -0.2) is 0 Å². The topological polar surface area (TPSA) is 66.8 Å². The standard InChI is InChI=1S/C15H25NO4/c1-2-16(10-13-7-4-8-20-13)14(17)11-5-3-6-12(9-11)15(18)19/h11-13H,2-10H2,1H3,(H,18,19). The van der Waals surface area contributed by atoms with Crippen LogP contribution in [-0.4, -0.2) is 47.7 Å². The van der Waals surface area contributed by atoms with E-state index in [0.717, 1.165) is 32.3 Å². The number of nitrogens with zero attached hydrogens (tertiary/aromatic N) is 1. The number of hydrogen-bond donors (Lipinski definition) is 1. The molecular formula is C15H25NO4. The lowest BCUT2D eigenvalue weighted by Gasteiger charge is -2.32. The van der Waals surface area contributed by atoms with E-state index >= 15 is 0 Å². The van der Waals surface area contributed by atoms with Crippen molar-refractivity contribution in [1.29, 1.82) is 0 Å². The summed E-state index contributed by atoms with van der Waals surface area (Å²) in [5, 5.41) is 9.12. The largest absolute Gasteiger partial charge is 0.481 e. The third-order valence-corrected chi connectivity index (χ3v) is 4.51. The quantitative estimate of drug-likeness (QED) is 0.837. The summed E-state index contributed by atoms with van der Waals surface area (Å²) in [5.41, 5.74) is 0. The zero-order valence-electron chi connectivity index (χ0n) is 12.2. The SMILES string of the molecule is CCN(CC1CCCO1)C(=O)C1CCCC(C(=O)O)C1. The van der Waals surface area contributed by atoms with E-state index in [1.807, 2.05) is 11.8 Å². The lowest BCUT2D eigenvalue weighted by Crippen LogP contribution is -2.42. The molecule has 5 heteroatoms. The van der Waals surface area contributed by atoms with Crippen LogP contribution in [0.2, 0.25) is 0 Å². The van der Waals surface area contributed by atoms with E-state index < -0.39 is 5.97 Å². The lowest BCUT2D eigenvalue weighted by molar-refractivity contribution is -0.145. The predicted octanol–water partition coefficient (Wildman–Crippen LogP) is 1.90. The van der Waals surface area contributed by atoms with Crippen LogP contribution in [0.4, 0.5) is 0 Å². The van der Waals surface area contributed by atoms with Crippen molar-refractivity contribution in [2.45, 2.75) is 51.6 Å². The Balaban J connectivity index is 1.91. The molecule has 1 saturated heterocycles. The second-order valence-electron chi connectivity index (χ2n) is 5.91. The average molecular weight is 283 g/mol. The third-order valence-electron chi connectivity index (χ3n) is 4.51. The molecule has 1 aliphatic carbocycles. The van der Waals surface area contributed by atoms with Gasteiger partial charge in [-0.2, -0.15) is 0 Å². The molecule has 2 aliphatic rings. The highest BCUT2D eigenvalue weighted by Crippen LogP contribution is 2.30. The second kappa shape index (κ2) is 7.07. The third kappa shape index (κ3) is 3.72. The molecule has 5 nitrogen and oxygen atoms in total. The first-order chi connectivity index (χ1) is 9.61. The highest BCUT2D eigenvalue weighted by molar-refractivity contribution is 5.80.